The topological polar surface area (TPSA) is 101 Å². The number of carbonyl (C=O) groups excluding carboxylic acids is 2. The Morgan fingerprint density at radius 1 is 1.00 bits per heavy atom. The first-order chi connectivity index (χ1) is 17.1. The predicted octanol–water partition coefficient (Wildman–Crippen LogP) is 5.06. The zero-order valence-corrected chi connectivity index (χ0v) is 19.1. The lowest BCUT2D eigenvalue weighted by Gasteiger charge is -2.19. The molecule has 1 atom stereocenters. The molecule has 0 saturated heterocycles. The van der Waals surface area contributed by atoms with Crippen LogP contribution in [0.3, 0.4) is 0 Å². The zero-order valence-electron chi connectivity index (χ0n) is 18.3. The first-order valence-corrected chi connectivity index (χ1v) is 10.9. The third kappa shape index (κ3) is 5.55. The van der Waals surface area contributed by atoms with E-state index in [-0.39, 0.29) is 28.4 Å². The van der Waals surface area contributed by atoms with Gasteiger partial charge in [0.15, 0.2) is 0 Å². The van der Waals surface area contributed by atoms with E-state index in [1.807, 2.05) is 0 Å². The monoisotopic (exact) mass is 515 g/mol. The Kier molecular flexibility index (Phi) is 7.07. The van der Waals surface area contributed by atoms with E-state index in [1.165, 1.54) is 12.1 Å². The van der Waals surface area contributed by atoms with Crippen LogP contribution in [0.4, 0.5) is 18.9 Å². The van der Waals surface area contributed by atoms with Crippen molar-refractivity contribution in [3.63, 3.8) is 0 Å². The maximum atomic E-state index is 13.1. The number of carbonyl (C=O) groups is 2. The van der Waals surface area contributed by atoms with Crippen LogP contribution in [0.2, 0.25) is 5.02 Å². The van der Waals surface area contributed by atoms with E-state index in [0.717, 1.165) is 12.1 Å². The Balaban J connectivity index is 1.60. The second-order valence-electron chi connectivity index (χ2n) is 7.68. The highest BCUT2D eigenvalue weighted by Crippen LogP contribution is 2.34. The van der Waals surface area contributed by atoms with Crippen LogP contribution in [-0.4, -0.2) is 22.1 Å². The molecule has 11 heteroatoms. The number of amides is 1. The smallest absolute Gasteiger partial charge is 0.416 e. The molecule has 1 unspecified atom stereocenters. The summed E-state index contributed by atoms with van der Waals surface area (Å²) in [4.78, 5) is 37.9. The number of halogens is 4. The Labute approximate surface area is 206 Å². The molecule has 0 aliphatic carbocycles. The molecule has 7 nitrogen and oxygen atoms in total. The van der Waals surface area contributed by atoms with Crippen LogP contribution >= 0.6 is 11.6 Å². The van der Waals surface area contributed by atoms with Gasteiger partial charge in [0.2, 0.25) is 6.10 Å². The molecule has 36 heavy (non-hydrogen) atoms. The number of esters is 1. The van der Waals surface area contributed by atoms with Gasteiger partial charge in [0.25, 0.3) is 11.5 Å². The van der Waals surface area contributed by atoms with Gasteiger partial charge in [-0.3, -0.25) is 14.4 Å². The van der Waals surface area contributed by atoms with E-state index in [9.17, 15) is 27.6 Å². The number of fused-ring (bicyclic) bond motifs is 1. The quantitative estimate of drug-likeness (QED) is 0.349. The maximum absolute atomic E-state index is 13.1. The largest absolute Gasteiger partial charge is 0.447 e. The minimum atomic E-state index is -4.65. The van der Waals surface area contributed by atoms with Gasteiger partial charge in [-0.2, -0.15) is 18.3 Å². The lowest BCUT2D eigenvalue weighted by Crippen LogP contribution is -2.27. The third-order valence-corrected chi connectivity index (χ3v) is 5.56. The first-order valence-electron chi connectivity index (χ1n) is 10.5. The minimum absolute atomic E-state index is 0.126. The fourth-order valence-electron chi connectivity index (χ4n) is 3.51. The van der Waals surface area contributed by atoms with Crippen LogP contribution in [-0.2, 0) is 26.9 Å². The summed E-state index contributed by atoms with van der Waals surface area (Å²) in [6.07, 6.45) is -6.53. The average Bonchev–Trinajstić information content (AvgIpc) is 2.85. The van der Waals surface area contributed by atoms with Gasteiger partial charge in [-0.15, -0.1) is 0 Å². The fraction of sp³-hybridized carbons (Fsp3) is 0.120. The van der Waals surface area contributed by atoms with Crippen LogP contribution in [0.5, 0.6) is 0 Å². The summed E-state index contributed by atoms with van der Waals surface area (Å²) in [6.45, 7) is 0. The Morgan fingerprint density at radius 2 is 1.67 bits per heavy atom. The number of alkyl halides is 3. The summed E-state index contributed by atoms with van der Waals surface area (Å²) in [5, 5.41) is 9.19. The molecule has 0 bridgehead atoms. The van der Waals surface area contributed by atoms with Crippen molar-refractivity contribution in [2.45, 2.75) is 18.7 Å². The normalized spacial score (nSPS) is 12.2. The molecule has 3 aromatic carbocycles. The number of hydrogen-bond donors (Lipinski definition) is 2. The molecule has 4 rings (SSSR count). The number of anilines is 1. The third-order valence-electron chi connectivity index (χ3n) is 5.23. The number of aromatic amines is 1. The molecule has 0 radical (unpaired) electrons. The summed E-state index contributed by atoms with van der Waals surface area (Å²) in [5.41, 5.74) is -1.22. The number of benzene rings is 3. The van der Waals surface area contributed by atoms with Crippen LogP contribution in [0.15, 0.2) is 77.6 Å². The molecular weight excluding hydrogens is 499 g/mol. The van der Waals surface area contributed by atoms with Gasteiger partial charge in [-0.25, -0.2) is 5.10 Å². The Bertz CT molecular complexity index is 1490. The van der Waals surface area contributed by atoms with E-state index in [1.54, 1.807) is 42.5 Å². The number of nitrogens with zero attached hydrogens (tertiary/aromatic N) is 1. The van der Waals surface area contributed by atoms with Crippen LogP contribution in [0, 0.1) is 0 Å². The van der Waals surface area contributed by atoms with Crippen molar-refractivity contribution in [3.8, 4) is 0 Å². The number of rotatable bonds is 6. The molecule has 0 spiro atoms. The molecule has 1 amide bonds. The lowest BCUT2D eigenvalue weighted by molar-refractivity contribution is -0.154. The molecule has 0 aliphatic rings. The highest BCUT2D eigenvalue weighted by atomic mass is 35.5. The SMILES string of the molecule is O=C(Cc1n[nH]c(=O)c2ccccc12)OC(C(=O)Nc1cc(C(F)(F)F)ccc1Cl)c1ccccc1. The standard InChI is InChI=1S/C25H17ClF3N3O4/c26-18-11-10-15(25(27,28)29)12-20(18)30-24(35)22(14-6-2-1-3-7-14)36-21(33)13-19-16-8-4-5-9-17(16)23(34)32-31-19/h1-12,22H,13H2,(H,30,35)(H,32,34). The zero-order chi connectivity index (χ0) is 25.9. The van der Waals surface area contributed by atoms with Crippen molar-refractivity contribution in [2.24, 2.45) is 0 Å². The molecule has 0 fully saturated rings. The summed E-state index contributed by atoms with van der Waals surface area (Å²) in [7, 11) is 0. The molecule has 2 N–H and O–H groups in total. The van der Waals surface area contributed by atoms with Crippen LogP contribution in [0.1, 0.15) is 22.9 Å². The summed E-state index contributed by atoms with van der Waals surface area (Å²) < 4.78 is 44.8. The van der Waals surface area contributed by atoms with Gasteiger partial charge in [-0.1, -0.05) is 60.1 Å². The van der Waals surface area contributed by atoms with E-state index in [4.69, 9.17) is 16.3 Å². The van der Waals surface area contributed by atoms with E-state index >= 15 is 0 Å². The van der Waals surface area contributed by atoms with Crippen LogP contribution < -0.4 is 10.9 Å². The summed E-state index contributed by atoms with van der Waals surface area (Å²) in [5.74, 6) is -1.76. The summed E-state index contributed by atoms with van der Waals surface area (Å²) >= 11 is 6.00. The van der Waals surface area contributed by atoms with Crippen molar-refractivity contribution in [3.05, 3.63) is 105 Å². The van der Waals surface area contributed by atoms with Gasteiger partial charge in [0, 0.05) is 10.9 Å². The van der Waals surface area contributed by atoms with Gasteiger partial charge in [0.05, 0.1) is 33.8 Å². The first kappa shape index (κ1) is 24.9. The average molecular weight is 516 g/mol. The number of H-pyrrole nitrogens is 1. The predicted molar refractivity (Wildman–Crippen MR) is 126 cm³/mol. The van der Waals surface area contributed by atoms with Gasteiger partial charge < -0.3 is 10.1 Å². The molecule has 1 heterocycles. The second kappa shape index (κ2) is 10.2. The van der Waals surface area contributed by atoms with E-state index in [0.29, 0.717) is 16.8 Å². The number of nitrogens with one attached hydrogen (secondary N) is 2. The van der Waals surface area contributed by atoms with Crippen molar-refractivity contribution >= 4 is 39.9 Å². The second-order valence-corrected chi connectivity index (χ2v) is 8.09. The van der Waals surface area contributed by atoms with Gasteiger partial charge >= 0.3 is 12.1 Å². The van der Waals surface area contributed by atoms with E-state index in [2.05, 4.69) is 15.5 Å². The number of ether oxygens (including phenoxy) is 1. The lowest BCUT2D eigenvalue weighted by atomic mass is 10.1. The van der Waals surface area contributed by atoms with Crippen molar-refractivity contribution in [2.75, 3.05) is 5.32 Å². The van der Waals surface area contributed by atoms with Crippen molar-refractivity contribution < 1.29 is 27.5 Å². The molecule has 184 valence electrons. The van der Waals surface area contributed by atoms with Crippen molar-refractivity contribution in [1.82, 2.24) is 10.2 Å². The minimum Gasteiger partial charge on any atom is -0.447 e. The van der Waals surface area contributed by atoms with E-state index < -0.39 is 35.3 Å². The molecule has 4 aromatic rings. The van der Waals surface area contributed by atoms with Crippen molar-refractivity contribution in [1.29, 1.82) is 0 Å². The number of aromatic nitrogens is 2. The Morgan fingerprint density at radius 3 is 2.36 bits per heavy atom. The maximum Gasteiger partial charge on any atom is 0.416 e. The van der Waals surface area contributed by atoms with Gasteiger partial charge in [-0.05, 0) is 24.3 Å². The van der Waals surface area contributed by atoms with Gasteiger partial charge in [0.1, 0.15) is 0 Å². The van der Waals surface area contributed by atoms with Crippen LogP contribution in [0.25, 0.3) is 10.8 Å². The highest BCUT2D eigenvalue weighted by Gasteiger charge is 2.32. The number of hydrogen-bond acceptors (Lipinski definition) is 5. The molecule has 0 saturated carbocycles. The molecule has 1 aromatic heterocycles. The molecular formula is C25H17ClF3N3O4. The fourth-order valence-corrected chi connectivity index (χ4v) is 3.68. The molecule has 0 aliphatic heterocycles. The summed E-state index contributed by atoms with van der Waals surface area (Å²) in [6, 6.07) is 17.0. The highest BCUT2D eigenvalue weighted by molar-refractivity contribution is 6.33. The Hall–Kier alpha value is -4.18.